The molecule has 3 aromatic rings. The normalized spacial score (nSPS) is 12.1. The van der Waals surface area contributed by atoms with Gasteiger partial charge in [-0.05, 0) is 38.0 Å². The molecule has 124 valence electrons. The second-order valence-electron chi connectivity index (χ2n) is 5.59. The summed E-state index contributed by atoms with van der Waals surface area (Å²) < 4.78 is 1.51. The maximum Gasteiger partial charge on any atom is 0.276 e. The van der Waals surface area contributed by atoms with Crippen molar-refractivity contribution in [2.75, 3.05) is 0 Å². The standard InChI is InChI=1S/C16H18N6O2/c1-9-5-4-6-12(10(9)2)22-7-13(23)14(21-22)16(24)19-11(3)15-17-8-18-20-15/h4-8,11,23H,1-3H3,(H,19,24)(H,17,18,20)/t11-/m0/s1. The van der Waals surface area contributed by atoms with Gasteiger partial charge in [0.1, 0.15) is 12.2 Å². The molecule has 0 saturated carbocycles. The molecular formula is C16H18N6O2. The average Bonchev–Trinajstić information content (AvgIpc) is 3.19. The van der Waals surface area contributed by atoms with Gasteiger partial charge in [0, 0.05) is 0 Å². The van der Waals surface area contributed by atoms with Crippen LogP contribution in [0.15, 0.2) is 30.7 Å². The summed E-state index contributed by atoms with van der Waals surface area (Å²) in [6.07, 6.45) is 2.79. The van der Waals surface area contributed by atoms with Gasteiger partial charge in [0.05, 0.1) is 17.9 Å². The lowest BCUT2D eigenvalue weighted by atomic mass is 10.1. The molecule has 0 unspecified atom stereocenters. The number of amides is 1. The van der Waals surface area contributed by atoms with Gasteiger partial charge in [0.25, 0.3) is 5.91 Å². The molecule has 2 aromatic heterocycles. The van der Waals surface area contributed by atoms with E-state index in [0.717, 1.165) is 16.8 Å². The van der Waals surface area contributed by atoms with Gasteiger partial charge >= 0.3 is 0 Å². The summed E-state index contributed by atoms with van der Waals surface area (Å²) in [6.45, 7) is 5.72. The quantitative estimate of drug-likeness (QED) is 0.677. The van der Waals surface area contributed by atoms with Crippen molar-refractivity contribution in [2.45, 2.75) is 26.8 Å². The van der Waals surface area contributed by atoms with Crippen molar-refractivity contribution < 1.29 is 9.90 Å². The van der Waals surface area contributed by atoms with E-state index in [1.807, 2.05) is 32.0 Å². The van der Waals surface area contributed by atoms with Gasteiger partial charge in [-0.2, -0.15) is 10.2 Å². The van der Waals surface area contributed by atoms with Crippen LogP contribution in [-0.2, 0) is 0 Å². The number of nitrogens with zero attached hydrogens (tertiary/aromatic N) is 4. The second-order valence-corrected chi connectivity index (χ2v) is 5.59. The minimum atomic E-state index is -0.486. The lowest BCUT2D eigenvalue weighted by molar-refractivity contribution is 0.0930. The van der Waals surface area contributed by atoms with Crippen LogP contribution in [0.5, 0.6) is 5.75 Å². The molecule has 1 amide bonds. The van der Waals surface area contributed by atoms with Crippen LogP contribution in [-0.4, -0.2) is 36.0 Å². The number of aromatic amines is 1. The third kappa shape index (κ3) is 2.85. The zero-order chi connectivity index (χ0) is 17.3. The molecule has 1 atom stereocenters. The van der Waals surface area contributed by atoms with E-state index >= 15 is 0 Å². The van der Waals surface area contributed by atoms with Gasteiger partial charge in [0.15, 0.2) is 11.4 Å². The van der Waals surface area contributed by atoms with E-state index in [2.05, 4.69) is 25.6 Å². The molecule has 24 heavy (non-hydrogen) atoms. The van der Waals surface area contributed by atoms with Crippen molar-refractivity contribution in [3.63, 3.8) is 0 Å². The van der Waals surface area contributed by atoms with Gasteiger partial charge in [-0.3, -0.25) is 9.89 Å². The first kappa shape index (κ1) is 15.7. The number of H-pyrrole nitrogens is 1. The van der Waals surface area contributed by atoms with Crippen molar-refractivity contribution in [2.24, 2.45) is 0 Å². The maximum atomic E-state index is 12.4. The molecule has 8 heteroatoms. The van der Waals surface area contributed by atoms with Crippen LogP contribution in [0.3, 0.4) is 0 Å². The average molecular weight is 326 g/mol. The van der Waals surface area contributed by atoms with E-state index < -0.39 is 5.91 Å². The topological polar surface area (TPSA) is 109 Å². The Morgan fingerprint density at radius 1 is 1.38 bits per heavy atom. The number of rotatable bonds is 4. The van der Waals surface area contributed by atoms with Crippen LogP contribution in [0.4, 0.5) is 0 Å². The molecule has 0 aliphatic heterocycles. The highest BCUT2D eigenvalue weighted by molar-refractivity contribution is 5.95. The maximum absolute atomic E-state index is 12.4. The largest absolute Gasteiger partial charge is 0.504 e. The molecule has 0 spiro atoms. The molecule has 3 N–H and O–H groups in total. The molecule has 3 rings (SSSR count). The summed E-state index contributed by atoms with van der Waals surface area (Å²) in [4.78, 5) is 16.3. The number of aromatic hydroxyl groups is 1. The lowest BCUT2D eigenvalue weighted by Gasteiger charge is -2.10. The third-order valence-corrected chi connectivity index (χ3v) is 3.92. The van der Waals surface area contributed by atoms with E-state index in [9.17, 15) is 9.90 Å². The number of carbonyl (C=O) groups is 1. The molecule has 8 nitrogen and oxygen atoms in total. The Hall–Kier alpha value is -3.16. The molecule has 0 bridgehead atoms. The molecule has 0 aliphatic carbocycles. The Morgan fingerprint density at radius 3 is 2.88 bits per heavy atom. The van der Waals surface area contributed by atoms with Crippen molar-refractivity contribution in [3.8, 4) is 11.4 Å². The Kier molecular flexibility index (Phi) is 4.03. The highest BCUT2D eigenvalue weighted by Gasteiger charge is 2.21. The summed E-state index contributed by atoms with van der Waals surface area (Å²) in [5.74, 6) is -0.143. The molecule has 0 saturated heterocycles. The summed E-state index contributed by atoms with van der Waals surface area (Å²) in [7, 11) is 0. The second kappa shape index (κ2) is 6.15. The molecule has 0 aliphatic rings. The van der Waals surface area contributed by atoms with E-state index in [-0.39, 0.29) is 17.5 Å². The van der Waals surface area contributed by atoms with E-state index in [0.29, 0.717) is 5.82 Å². The number of benzene rings is 1. The Morgan fingerprint density at radius 2 is 2.17 bits per heavy atom. The van der Waals surface area contributed by atoms with Crippen LogP contribution in [0.2, 0.25) is 0 Å². The number of hydrogen-bond donors (Lipinski definition) is 3. The van der Waals surface area contributed by atoms with Crippen molar-refractivity contribution in [3.05, 3.63) is 53.4 Å². The van der Waals surface area contributed by atoms with Gasteiger partial charge in [-0.15, -0.1) is 0 Å². The smallest absolute Gasteiger partial charge is 0.276 e. The van der Waals surface area contributed by atoms with Gasteiger partial charge in [0.2, 0.25) is 0 Å². The van der Waals surface area contributed by atoms with Crippen molar-refractivity contribution >= 4 is 5.91 Å². The predicted octanol–water partition coefficient (Wildman–Crippen LogP) is 1.80. The van der Waals surface area contributed by atoms with E-state index in [1.54, 1.807) is 6.92 Å². The van der Waals surface area contributed by atoms with Crippen LogP contribution in [0.1, 0.15) is 40.4 Å². The monoisotopic (exact) mass is 326 g/mol. The highest BCUT2D eigenvalue weighted by Crippen LogP contribution is 2.22. The lowest BCUT2D eigenvalue weighted by Crippen LogP contribution is -2.28. The van der Waals surface area contributed by atoms with Gasteiger partial charge < -0.3 is 10.4 Å². The minimum absolute atomic E-state index is 0.0396. The zero-order valence-electron chi connectivity index (χ0n) is 13.6. The summed E-state index contributed by atoms with van der Waals surface area (Å²) in [5, 5.41) is 23.5. The SMILES string of the molecule is Cc1cccc(-n2cc(O)c(C(=O)N[C@@H](C)c3ncn[nH]3)n2)c1C. The highest BCUT2D eigenvalue weighted by atomic mass is 16.3. The number of carbonyl (C=O) groups excluding carboxylic acids is 1. The fourth-order valence-corrected chi connectivity index (χ4v) is 2.39. The molecule has 1 aromatic carbocycles. The molecule has 0 radical (unpaired) electrons. The summed E-state index contributed by atoms with van der Waals surface area (Å²) in [6, 6.07) is 5.40. The first-order chi connectivity index (χ1) is 11.5. The van der Waals surface area contributed by atoms with Crippen LogP contribution in [0.25, 0.3) is 5.69 Å². The van der Waals surface area contributed by atoms with E-state index in [4.69, 9.17) is 0 Å². The first-order valence-electron chi connectivity index (χ1n) is 7.48. The fraction of sp³-hybridized carbons (Fsp3) is 0.250. The van der Waals surface area contributed by atoms with E-state index in [1.165, 1.54) is 17.2 Å². The van der Waals surface area contributed by atoms with Crippen molar-refractivity contribution in [1.29, 1.82) is 0 Å². The zero-order valence-corrected chi connectivity index (χ0v) is 13.6. The van der Waals surface area contributed by atoms with Gasteiger partial charge in [-0.1, -0.05) is 12.1 Å². The number of aromatic nitrogens is 5. The van der Waals surface area contributed by atoms with Crippen molar-refractivity contribution in [1.82, 2.24) is 30.3 Å². The molecule has 2 heterocycles. The summed E-state index contributed by atoms with van der Waals surface area (Å²) >= 11 is 0. The Bertz CT molecular complexity index is 869. The molecular weight excluding hydrogens is 308 g/mol. The number of nitrogens with one attached hydrogen (secondary N) is 2. The van der Waals surface area contributed by atoms with Crippen LogP contribution < -0.4 is 5.32 Å². The number of hydrogen-bond acceptors (Lipinski definition) is 5. The first-order valence-corrected chi connectivity index (χ1v) is 7.48. The van der Waals surface area contributed by atoms with Crippen LogP contribution >= 0.6 is 0 Å². The van der Waals surface area contributed by atoms with Gasteiger partial charge in [-0.25, -0.2) is 9.67 Å². The number of aryl methyl sites for hydroxylation is 1. The third-order valence-electron chi connectivity index (χ3n) is 3.92. The summed E-state index contributed by atoms with van der Waals surface area (Å²) in [5.41, 5.74) is 2.91. The predicted molar refractivity (Wildman–Crippen MR) is 87.0 cm³/mol. The Balaban J connectivity index is 1.86. The van der Waals surface area contributed by atoms with Crippen LogP contribution in [0, 0.1) is 13.8 Å². The minimum Gasteiger partial charge on any atom is -0.504 e. The molecule has 0 fully saturated rings. The Labute approximate surface area is 138 Å². The fourth-order valence-electron chi connectivity index (χ4n) is 2.39.